The Bertz CT molecular complexity index is 1390. The summed E-state index contributed by atoms with van der Waals surface area (Å²) < 4.78 is 30.5. The van der Waals surface area contributed by atoms with Crippen molar-refractivity contribution in [1.82, 2.24) is 29.4 Å². The van der Waals surface area contributed by atoms with Crippen molar-refractivity contribution >= 4 is 22.2 Å². The van der Waals surface area contributed by atoms with Gasteiger partial charge >= 0.3 is 0 Å². The van der Waals surface area contributed by atoms with Crippen molar-refractivity contribution in [2.75, 3.05) is 51.2 Å². The first-order valence-electron chi connectivity index (χ1n) is 12.6. The lowest BCUT2D eigenvalue weighted by Gasteiger charge is -2.39. The summed E-state index contributed by atoms with van der Waals surface area (Å²) >= 11 is 0. The molecular formula is C27H31F2N7. The van der Waals surface area contributed by atoms with Crippen molar-refractivity contribution in [3.05, 3.63) is 54.6 Å². The molecule has 0 atom stereocenters. The number of alkyl halides is 2. The van der Waals surface area contributed by atoms with E-state index in [-0.39, 0.29) is 19.1 Å². The van der Waals surface area contributed by atoms with Crippen LogP contribution in [0, 0.1) is 6.92 Å². The summed E-state index contributed by atoms with van der Waals surface area (Å²) in [6.07, 6.45) is 7.54. The molecule has 188 valence electrons. The highest BCUT2D eigenvalue weighted by Crippen LogP contribution is 2.32. The number of nitrogens with zero attached hydrogens (tertiary/aromatic N) is 7. The maximum Gasteiger partial charge on any atom is 0.272 e. The smallest absolute Gasteiger partial charge is 0.272 e. The monoisotopic (exact) mass is 491 g/mol. The van der Waals surface area contributed by atoms with E-state index in [1.165, 1.54) is 0 Å². The highest BCUT2D eigenvalue weighted by Gasteiger charge is 2.38. The lowest BCUT2D eigenvalue weighted by molar-refractivity contribution is -0.0428. The molecule has 4 aromatic rings. The molecule has 0 amide bonds. The molecule has 3 aromatic heterocycles. The van der Waals surface area contributed by atoms with E-state index < -0.39 is 5.92 Å². The zero-order valence-electron chi connectivity index (χ0n) is 20.7. The molecule has 2 aliphatic rings. The minimum atomic E-state index is -2.66. The Kier molecular flexibility index (Phi) is 5.84. The Morgan fingerprint density at radius 3 is 2.61 bits per heavy atom. The van der Waals surface area contributed by atoms with Gasteiger partial charge in [0.05, 0.1) is 42.9 Å². The first-order valence-corrected chi connectivity index (χ1v) is 12.6. The predicted molar refractivity (Wildman–Crippen MR) is 138 cm³/mol. The standard InChI is InChI=1S/C27H31F2N7/c1-19-13-23(22-5-3-4-6-25(22)32-19)24-15-31-36-16-21(14-30-26(24)36)34-9-7-20(8-10-34)35-12-11-33(2)17-27(28,29)18-35/h3-6,13-16,20H,7-12,17-18H2,1-2H3. The number of piperidine rings is 1. The first kappa shape index (κ1) is 23.2. The average Bonchev–Trinajstić information content (AvgIpc) is 3.22. The number of benzene rings is 1. The van der Waals surface area contributed by atoms with Gasteiger partial charge in [0, 0.05) is 48.9 Å². The Morgan fingerprint density at radius 2 is 1.78 bits per heavy atom. The van der Waals surface area contributed by atoms with Gasteiger partial charge in [-0.25, -0.2) is 18.3 Å². The highest BCUT2D eigenvalue weighted by molar-refractivity contribution is 5.98. The van der Waals surface area contributed by atoms with Crippen molar-refractivity contribution < 1.29 is 8.78 Å². The molecule has 0 aliphatic carbocycles. The Labute approximate surface area is 209 Å². The molecule has 1 aromatic carbocycles. The van der Waals surface area contributed by atoms with Crippen LogP contribution < -0.4 is 4.90 Å². The molecule has 5 heterocycles. The van der Waals surface area contributed by atoms with Gasteiger partial charge < -0.3 is 4.90 Å². The van der Waals surface area contributed by atoms with Crippen LogP contribution in [0.3, 0.4) is 0 Å². The lowest BCUT2D eigenvalue weighted by atomic mass is 10.0. The Morgan fingerprint density at radius 1 is 0.972 bits per heavy atom. The summed E-state index contributed by atoms with van der Waals surface area (Å²) in [4.78, 5) is 15.5. The number of pyridine rings is 1. The van der Waals surface area contributed by atoms with Crippen molar-refractivity contribution in [2.24, 2.45) is 0 Å². The summed E-state index contributed by atoms with van der Waals surface area (Å²) in [7, 11) is 1.78. The van der Waals surface area contributed by atoms with Crippen LogP contribution in [0.1, 0.15) is 18.5 Å². The molecule has 2 aliphatic heterocycles. The number of halogens is 2. The molecule has 0 N–H and O–H groups in total. The molecule has 2 saturated heterocycles. The predicted octanol–water partition coefficient (Wildman–Crippen LogP) is 4.10. The van der Waals surface area contributed by atoms with Gasteiger partial charge in [-0.1, -0.05) is 18.2 Å². The zero-order chi connectivity index (χ0) is 24.9. The van der Waals surface area contributed by atoms with Gasteiger partial charge in [-0.15, -0.1) is 0 Å². The minimum Gasteiger partial charge on any atom is -0.369 e. The minimum absolute atomic E-state index is 0.144. The summed E-state index contributed by atoms with van der Waals surface area (Å²) in [5.74, 6) is -2.66. The van der Waals surface area contributed by atoms with Crippen LogP contribution in [0.2, 0.25) is 0 Å². The second-order valence-electron chi connectivity index (χ2n) is 10.2. The van der Waals surface area contributed by atoms with Crippen LogP contribution in [-0.4, -0.2) is 87.7 Å². The van der Waals surface area contributed by atoms with E-state index in [0.717, 1.165) is 65.0 Å². The van der Waals surface area contributed by atoms with Gasteiger partial charge in [-0.05, 0) is 44.5 Å². The van der Waals surface area contributed by atoms with Crippen LogP contribution in [0.25, 0.3) is 27.7 Å². The van der Waals surface area contributed by atoms with Gasteiger partial charge in [0.25, 0.3) is 5.92 Å². The van der Waals surface area contributed by atoms with Crippen LogP contribution in [0.4, 0.5) is 14.5 Å². The number of likely N-dealkylation sites (N-methyl/N-ethyl adjacent to an activating group) is 1. The zero-order valence-corrected chi connectivity index (χ0v) is 20.7. The maximum absolute atomic E-state index is 14.3. The molecule has 0 radical (unpaired) electrons. The van der Waals surface area contributed by atoms with Crippen molar-refractivity contribution in [3.63, 3.8) is 0 Å². The van der Waals surface area contributed by atoms with E-state index in [4.69, 9.17) is 4.98 Å². The van der Waals surface area contributed by atoms with E-state index in [1.54, 1.807) is 11.9 Å². The van der Waals surface area contributed by atoms with E-state index in [9.17, 15) is 8.78 Å². The fourth-order valence-electron chi connectivity index (χ4n) is 5.75. The fourth-order valence-corrected chi connectivity index (χ4v) is 5.75. The molecule has 9 heteroatoms. The van der Waals surface area contributed by atoms with Crippen molar-refractivity contribution in [3.8, 4) is 11.1 Å². The number of para-hydroxylation sites is 1. The molecule has 6 rings (SSSR count). The van der Waals surface area contributed by atoms with Crippen molar-refractivity contribution in [1.29, 1.82) is 0 Å². The third kappa shape index (κ3) is 4.41. The Balaban J connectivity index is 1.21. The average molecular weight is 492 g/mol. The first-order chi connectivity index (χ1) is 17.4. The largest absolute Gasteiger partial charge is 0.369 e. The molecule has 0 unspecified atom stereocenters. The number of fused-ring (bicyclic) bond motifs is 2. The van der Waals surface area contributed by atoms with E-state index in [2.05, 4.69) is 27.1 Å². The molecule has 7 nitrogen and oxygen atoms in total. The molecule has 2 fully saturated rings. The number of anilines is 1. The van der Waals surface area contributed by atoms with E-state index in [0.29, 0.717) is 13.1 Å². The number of aryl methyl sites for hydroxylation is 1. The Hall–Kier alpha value is -3.17. The topological polar surface area (TPSA) is 52.8 Å². The van der Waals surface area contributed by atoms with Gasteiger partial charge in [0.1, 0.15) is 0 Å². The van der Waals surface area contributed by atoms with E-state index >= 15 is 0 Å². The summed E-state index contributed by atoms with van der Waals surface area (Å²) in [6, 6.07) is 10.4. The van der Waals surface area contributed by atoms with Gasteiger partial charge in [0.2, 0.25) is 0 Å². The number of rotatable bonds is 3. The maximum atomic E-state index is 14.3. The quantitative estimate of drug-likeness (QED) is 0.430. The van der Waals surface area contributed by atoms with Gasteiger partial charge in [-0.3, -0.25) is 14.8 Å². The SMILES string of the molecule is Cc1cc(-c2cnn3cc(N4CCC(N5CCN(C)CC(F)(F)C5)CC4)cnc23)c2ccccc2n1. The highest BCUT2D eigenvalue weighted by atomic mass is 19.3. The second kappa shape index (κ2) is 9.05. The lowest BCUT2D eigenvalue weighted by Crippen LogP contribution is -2.49. The van der Waals surface area contributed by atoms with Gasteiger partial charge in [0.15, 0.2) is 5.65 Å². The molecule has 0 saturated carbocycles. The number of aromatic nitrogens is 4. The summed E-state index contributed by atoms with van der Waals surface area (Å²) in [5.41, 5.74) is 5.78. The summed E-state index contributed by atoms with van der Waals surface area (Å²) in [5, 5.41) is 5.70. The van der Waals surface area contributed by atoms with Crippen LogP contribution >= 0.6 is 0 Å². The fraction of sp³-hybridized carbons (Fsp3) is 0.444. The van der Waals surface area contributed by atoms with Crippen LogP contribution in [0.5, 0.6) is 0 Å². The summed E-state index contributed by atoms with van der Waals surface area (Å²) in [6.45, 7) is 4.72. The third-order valence-corrected chi connectivity index (χ3v) is 7.53. The van der Waals surface area contributed by atoms with Crippen molar-refractivity contribution in [2.45, 2.75) is 31.7 Å². The molecule has 36 heavy (non-hydrogen) atoms. The molecule has 0 bridgehead atoms. The normalized spacial score (nSPS) is 20.3. The van der Waals surface area contributed by atoms with Gasteiger partial charge in [-0.2, -0.15) is 5.10 Å². The van der Waals surface area contributed by atoms with E-state index in [1.807, 2.05) is 53.1 Å². The number of hydrogen-bond donors (Lipinski definition) is 0. The third-order valence-electron chi connectivity index (χ3n) is 7.53. The molecular weight excluding hydrogens is 460 g/mol. The van der Waals surface area contributed by atoms with Crippen LogP contribution in [-0.2, 0) is 0 Å². The molecule has 0 spiro atoms. The number of hydrogen-bond acceptors (Lipinski definition) is 6. The van der Waals surface area contributed by atoms with Crippen LogP contribution in [0.15, 0.2) is 48.9 Å². The second-order valence-corrected chi connectivity index (χ2v) is 10.2.